The van der Waals surface area contributed by atoms with E-state index in [2.05, 4.69) is 4.98 Å². The molecule has 2 unspecified atom stereocenters. The van der Waals surface area contributed by atoms with Gasteiger partial charge in [0, 0.05) is 29.1 Å². The summed E-state index contributed by atoms with van der Waals surface area (Å²) in [6.45, 7) is 1.83. The molecule has 2 saturated carbocycles. The van der Waals surface area contributed by atoms with Gasteiger partial charge in [-0.25, -0.2) is 8.78 Å². The Kier molecular flexibility index (Phi) is 2.27. The van der Waals surface area contributed by atoms with E-state index in [9.17, 15) is 8.78 Å². The molecule has 0 saturated heterocycles. The van der Waals surface area contributed by atoms with Gasteiger partial charge in [-0.05, 0) is 31.4 Å². The second kappa shape index (κ2) is 3.48. The van der Waals surface area contributed by atoms with Crippen molar-refractivity contribution in [1.82, 2.24) is 4.98 Å². The minimum atomic E-state index is -2.41. The minimum Gasteiger partial charge on any atom is -0.392 e. The van der Waals surface area contributed by atoms with Crippen molar-refractivity contribution in [1.29, 1.82) is 0 Å². The van der Waals surface area contributed by atoms with Gasteiger partial charge in [0.1, 0.15) is 0 Å². The number of hydrogen-bond acceptors (Lipinski definition) is 2. The standard InChI is InChI=1S/C13H15F2NO/c1-7-8(6-17)2-3-12(16-7)9-4-10-11(5-9)13(10,14)15/h2-3,9-11,17H,4-6H2,1H3. The molecule has 2 fully saturated rings. The first-order chi connectivity index (χ1) is 8.04. The summed E-state index contributed by atoms with van der Waals surface area (Å²) >= 11 is 0. The first kappa shape index (κ1) is 11.1. The average Bonchev–Trinajstić information content (AvgIpc) is 2.70. The van der Waals surface area contributed by atoms with Gasteiger partial charge in [0.05, 0.1) is 6.61 Å². The normalized spacial score (nSPS) is 33.5. The van der Waals surface area contributed by atoms with Crippen LogP contribution in [0.25, 0.3) is 0 Å². The Labute approximate surface area is 98.7 Å². The Morgan fingerprint density at radius 3 is 2.53 bits per heavy atom. The van der Waals surface area contributed by atoms with Crippen molar-refractivity contribution < 1.29 is 13.9 Å². The monoisotopic (exact) mass is 239 g/mol. The molecule has 1 heterocycles. The van der Waals surface area contributed by atoms with E-state index in [1.54, 1.807) is 0 Å². The zero-order valence-corrected chi connectivity index (χ0v) is 9.66. The molecule has 0 bridgehead atoms. The molecule has 0 spiro atoms. The summed E-state index contributed by atoms with van der Waals surface area (Å²) in [4.78, 5) is 4.42. The number of aromatic nitrogens is 1. The van der Waals surface area contributed by atoms with Gasteiger partial charge in [0.2, 0.25) is 0 Å². The second-order valence-corrected chi connectivity index (χ2v) is 5.19. The number of rotatable bonds is 2. The molecule has 2 aliphatic rings. The van der Waals surface area contributed by atoms with Gasteiger partial charge in [-0.3, -0.25) is 4.98 Å². The zero-order valence-electron chi connectivity index (χ0n) is 9.66. The first-order valence-electron chi connectivity index (χ1n) is 5.99. The van der Waals surface area contributed by atoms with Crippen molar-refractivity contribution >= 4 is 0 Å². The van der Waals surface area contributed by atoms with E-state index in [4.69, 9.17) is 5.11 Å². The second-order valence-electron chi connectivity index (χ2n) is 5.19. The summed E-state index contributed by atoms with van der Waals surface area (Å²) in [6, 6.07) is 3.71. The van der Waals surface area contributed by atoms with Crippen LogP contribution in [0.5, 0.6) is 0 Å². The number of aliphatic hydroxyl groups is 1. The van der Waals surface area contributed by atoms with Crippen LogP contribution in [-0.4, -0.2) is 16.0 Å². The van der Waals surface area contributed by atoms with E-state index < -0.39 is 17.8 Å². The maximum atomic E-state index is 13.1. The van der Waals surface area contributed by atoms with Crippen LogP contribution in [0.3, 0.4) is 0 Å². The Bertz CT molecular complexity index is 447. The molecule has 2 nitrogen and oxygen atoms in total. The van der Waals surface area contributed by atoms with Gasteiger partial charge in [0.25, 0.3) is 5.92 Å². The fourth-order valence-corrected chi connectivity index (χ4v) is 3.06. The van der Waals surface area contributed by atoms with Gasteiger partial charge in [-0.2, -0.15) is 0 Å². The summed E-state index contributed by atoms with van der Waals surface area (Å²) in [5.74, 6) is -3.05. The van der Waals surface area contributed by atoms with Crippen molar-refractivity contribution in [2.45, 2.75) is 38.2 Å². The van der Waals surface area contributed by atoms with Crippen LogP contribution in [-0.2, 0) is 6.61 Å². The molecule has 2 aliphatic carbocycles. The van der Waals surface area contributed by atoms with Crippen molar-refractivity contribution in [2.24, 2.45) is 11.8 Å². The third-order valence-corrected chi connectivity index (χ3v) is 4.25. The number of pyridine rings is 1. The molecule has 3 rings (SSSR count). The van der Waals surface area contributed by atoms with Crippen LogP contribution in [0.1, 0.15) is 35.7 Å². The molecule has 0 aliphatic heterocycles. The minimum absolute atomic E-state index is 0.0207. The highest BCUT2D eigenvalue weighted by Crippen LogP contribution is 2.67. The summed E-state index contributed by atoms with van der Waals surface area (Å²) < 4.78 is 26.2. The molecule has 0 aromatic carbocycles. The average molecular weight is 239 g/mol. The van der Waals surface area contributed by atoms with Crippen LogP contribution >= 0.6 is 0 Å². The Morgan fingerprint density at radius 1 is 1.35 bits per heavy atom. The van der Waals surface area contributed by atoms with Crippen LogP contribution in [0.2, 0.25) is 0 Å². The molecule has 1 aromatic heterocycles. The van der Waals surface area contributed by atoms with E-state index in [0.717, 1.165) is 17.0 Å². The third kappa shape index (κ3) is 1.58. The Balaban J connectivity index is 1.77. The molecule has 17 heavy (non-hydrogen) atoms. The predicted octanol–water partition coefficient (Wildman–Crippen LogP) is 2.64. The van der Waals surface area contributed by atoms with Gasteiger partial charge in [0.15, 0.2) is 0 Å². The lowest BCUT2D eigenvalue weighted by molar-refractivity contribution is 0.0693. The topological polar surface area (TPSA) is 33.1 Å². The number of nitrogens with zero attached hydrogens (tertiary/aromatic N) is 1. The number of fused-ring (bicyclic) bond motifs is 1. The number of aryl methyl sites for hydroxylation is 1. The number of alkyl halides is 2. The molecule has 1 N–H and O–H groups in total. The zero-order chi connectivity index (χ0) is 12.2. The summed E-state index contributed by atoms with van der Waals surface area (Å²) in [5, 5.41) is 9.05. The van der Waals surface area contributed by atoms with Crippen molar-refractivity contribution in [2.75, 3.05) is 0 Å². The first-order valence-corrected chi connectivity index (χ1v) is 5.99. The molecule has 0 amide bonds. The van der Waals surface area contributed by atoms with Crippen molar-refractivity contribution in [3.05, 3.63) is 29.1 Å². The Hall–Kier alpha value is -1.03. The lowest BCUT2D eigenvalue weighted by Gasteiger charge is -2.15. The van der Waals surface area contributed by atoms with Gasteiger partial charge < -0.3 is 5.11 Å². The van der Waals surface area contributed by atoms with E-state index in [-0.39, 0.29) is 12.5 Å². The summed E-state index contributed by atoms with van der Waals surface area (Å²) in [6.07, 6.45) is 1.12. The highest BCUT2D eigenvalue weighted by Gasteiger charge is 2.71. The largest absolute Gasteiger partial charge is 0.392 e. The van der Waals surface area contributed by atoms with Crippen LogP contribution in [0, 0.1) is 18.8 Å². The molecule has 92 valence electrons. The van der Waals surface area contributed by atoms with E-state index in [1.165, 1.54) is 0 Å². The third-order valence-electron chi connectivity index (χ3n) is 4.25. The molecule has 1 aromatic rings. The van der Waals surface area contributed by atoms with Gasteiger partial charge in [-0.1, -0.05) is 6.07 Å². The van der Waals surface area contributed by atoms with Crippen LogP contribution < -0.4 is 0 Å². The molecule has 4 heteroatoms. The van der Waals surface area contributed by atoms with Crippen LogP contribution in [0.4, 0.5) is 8.78 Å². The number of hydrogen-bond donors (Lipinski definition) is 1. The smallest absolute Gasteiger partial charge is 0.254 e. The number of halogens is 2. The van der Waals surface area contributed by atoms with Crippen LogP contribution in [0.15, 0.2) is 12.1 Å². The Morgan fingerprint density at radius 2 is 2.00 bits per heavy atom. The molecular formula is C13H15F2NO. The fraction of sp³-hybridized carbons (Fsp3) is 0.615. The lowest BCUT2D eigenvalue weighted by atomic mass is 9.97. The lowest BCUT2D eigenvalue weighted by Crippen LogP contribution is -2.09. The van der Waals surface area contributed by atoms with Gasteiger partial charge >= 0.3 is 0 Å². The van der Waals surface area contributed by atoms with E-state index >= 15 is 0 Å². The number of aliphatic hydroxyl groups excluding tert-OH is 1. The van der Waals surface area contributed by atoms with Crippen molar-refractivity contribution in [3.8, 4) is 0 Å². The van der Waals surface area contributed by atoms with E-state index in [1.807, 2.05) is 19.1 Å². The molecular weight excluding hydrogens is 224 g/mol. The summed E-state index contributed by atoms with van der Waals surface area (Å²) in [5.41, 5.74) is 2.52. The highest BCUT2D eigenvalue weighted by atomic mass is 19.3. The van der Waals surface area contributed by atoms with Crippen molar-refractivity contribution in [3.63, 3.8) is 0 Å². The SMILES string of the molecule is Cc1nc(C2CC3C(C2)C3(F)F)ccc1CO. The summed E-state index contributed by atoms with van der Waals surface area (Å²) in [7, 11) is 0. The maximum Gasteiger partial charge on any atom is 0.254 e. The van der Waals surface area contributed by atoms with E-state index in [0.29, 0.717) is 12.8 Å². The predicted molar refractivity (Wildman–Crippen MR) is 58.8 cm³/mol. The van der Waals surface area contributed by atoms with Gasteiger partial charge in [-0.15, -0.1) is 0 Å². The fourth-order valence-electron chi connectivity index (χ4n) is 3.06. The maximum absolute atomic E-state index is 13.1. The highest BCUT2D eigenvalue weighted by molar-refractivity contribution is 5.26. The molecule has 0 radical (unpaired) electrons. The quantitative estimate of drug-likeness (QED) is 0.860. The molecule has 2 atom stereocenters.